The van der Waals surface area contributed by atoms with Gasteiger partial charge < -0.3 is 9.47 Å². The number of aryl methyl sites for hydroxylation is 1. The first-order valence-corrected chi connectivity index (χ1v) is 15.4. The molecular formula is C36H28F3N7O2. The van der Waals surface area contributed by atoms with Crippen molar-refractivity contribution in [2.75, 3.05) is 6.54 Å². The minimum Gasteiger partial charge on any atom is -0.335 e. The molecule has 0 aliphatic carbocycles. The van der Waals surface area contributed by atoms with Crippen LogP contribution in [0.1, 0.15) is 36.7 Å². The van der Waals surface area contributed by atoms with E-state index in [1.54, 1.807) is 77.4 Å². The van der Waals surface area contributed by atoms with Gasteiger partial charge in [0.05, 0.1) is 30.0 Å². The van der Waals surface area contributed by atoms with E-state index in [0.717, 1.165) is 6.07 Å². The highest BCUT2D eigenvalue weighted by atomic mass is 19.4. The van der Waals surface area contributed by atoms with Crippen molar-refractivity contribution in [3.8, 4) is 23.0 Å². The molecule has 0 bridgehead atoms. The van der Waals surface area contributed by atoms with Gasteiger partial charge in [0.15, 0.2) is 0 Å². The van der Waals surface area contributed by atoms with Gasteiger partial charge in [-0.2, -0.15) is 18.4 Å². The Kier molecular flexibility index (Phi) is 7.55. The molecule has 0 N–H and O–H groups in total. The Bertz CT molecular complexity index is 2370. The highest BCUT2D eigenvalue weighted by molar-refractivity contribution is 6.08. The molecule has 7 rings (SSSR count). The Balaban J connectivity index is 1.56. The number of carbonyl (C=O) groups is 1. The number of piperidine rings is 1. The van der Waals surface area contributed by atoms with Crippen LogP contribution in [0, 0.1) is 18.3 Å². The lowest BCUT2D eigenvalue weighted by Crippen LogP contribution is -2.45. The molecule has 0 saturated carbocycles. The topological polar surface area (TPSA) is 110 Å². The summed E-state index contributed by atoms with van der Waals surface area (Å²) in [5.41, 5.74) is -0.0155. The molecule has 0 spiro atoms. The zero-order valence-electron chi connectivity index (χ0n) is 25.8. The van der Waals surface area contributed by atoms with E-state index >= 15 is 13.2 Å². The van der Waals surface area contributed by atoms with Crippen molar-refractivity contribution < 1.29 is 18.0 Å². The number of nitriles is 1. The van der Waals surface area contributed by atoms with Crippen molar-refractivity contribution in [2.45, 2.75) is 44.4 Å². The SMILES string of the molecule is C=CC(=O)N1CC[C@H](n2cnc3c(-c4cccnc4C)nc4c(=O)n(-c5cccc6ccccc56)c(C(F)(F)F)cc4c32)C[C@H]1CC#N. The first-order valence-electron chi connectivity index (χ1n) is 15.4. The number of hydrogen-bond donors (Lipinski definition) is 0. The lowest BCUT2D eigenvalue weighted by atomic mass is 9.94. The third kappa shape index (κ3) is 4.99. The summed E-state index contributed by atoms with van der Waals surface area (Å²) in [5, 5.41) is 10.7. The summed E-state index contributed by atoms with van der Waals surface area (Å²) >= 11 is 0. The average Bonchev–Trinajstić information content (AvgIpc) is 3.53. The van der Waals surface area contributed by atoms with E-state index in [1.807, 2.05) is 0 Å². The average molecular weight is 648 g/mol. The summed E-state index contributed by atoms with van der Waals surface area (Å²) in [5.74, 6) is -0.294. The van der Waals surface area contributed by atoms with Crippen LogP contribution in [-0.2, 0) is 11.0 Å². The number of alkyl halides is 3. The normalized spacial score (nSPS) is 16.8. The number of aromatic nitrogens is 5. The second kappa shape index (κ2) is 11.8. The van der Waals surface area contributed by atoms with Gasteiger partial charge in [0.25, 0.3) is 5.56 Å². The fraction of sp³-hybridized carbons (Fsp3) is 0.222. The minimum atomic E-state index is -4.91. The number of hydrogen-bond acceptors (Lipinski definition) is 6. The lowest BCUT2D eigenvalue weighted by Gasteiger charge is -2.38. The van der Waals surface area contributed by atoms with Gasteiger partial charge in [0, 0.05) is 46.9 Å². The summed E-state index contributed by atoms with van der Waals surface area (Å²) in [6.07, 6.45) is 0.322. The largest absolute Gasteiger partial charge is 0.431 e. The Hall–Kier alpha value is -5.83. The number of nitrogens with zero attached hydrogens (tertiary/aromatic N) is 7. The maximum absolute atomic E-state index is 15.0. The smallest absolute Gasteiger partial charge is 0.335 e. The fourth-order valence-corrected chi connectivity index (χ4v) is 6.89. The third-order valence-corrected chi connectivity index (χ3v) is 9.11. The second-order valence-corrected chi connectivity index (χ2v) is 11.8. The molecule has 5 heterocycles. The molecule has 1 aliphatic heterocycles. The summed E-state index contributed by atoms with van der Waals surface area (Å²) in [7, 11) is 0. The predicted octanol–water partition coefficient (Wildman–Crippen LogP) is 6.91. The summed E-state index contributed by atoms with van der Waals surface area (Å²) in [6.45, 7) is 5.67. The quantitative estimate of drug-likeness (QED) is 0.188. The summed E-state index contributed by atoms with van der Waals surface area (Å²) in [4.78, 5) is 42.5. The van der Waals surface area contributed by atoms with Gasteiger partial charge in [0.2, 0.25) is 5.91 Å². The molecule has 0 radical (unpaired) electrons. The van der Waals surface area contributed by atoms with Crippen LogP contribution in [0.15, 0.2) is 90.6 Å². The summed E-state index contributed by atoms with van der Waals surface area (Å²) < 4.78 is 47.5. The number of fused-ring (bicyclic) bond motifs is 4. The molecule has 9 nitrogen and oxygen atoms in total. The zero-order valence-corrected chi connectivity index (χ0v) is 25.8. The molecule has 240 valence electrons. The predicted molar refractivity (Wildman–Crippen MR) is 175 cm³/mol. The Labute approximate surface area is 272 Å². The van der Waals surface area contributed by atoms with E-state index in [2.05, 4.69) is 22.6 Å². The standard InChI is InChI=1S/C36H28F3N7O2/c1-3-30(47)44-17-14-24(18-23(44)13-15-40)45-20-42-33-31(25-11-7-16-41-21(25)2)43-32-27(34(33)45)19-29(36(37,38)39)46(35(32)48)28-12-6-9-22-8-4-5-10-26(22)28/h3-12,16,19-20,23-24H,1,13-14,17-18H2,2H3/t23-,24+/m1/s1. The Morgan fingerprint density at radius 1 is 1.08 bits per heavy atom. The number of likely N-dealkylation sites (tertiary alicyclic amines) is 1. The van der Waals surface area contributed by atoms with Gasteiger partial charge in [-0.25, -0.2) is 9.97 Å². The number of halogens is 3. The molecule has 2 atom stereocenters. The van der Waals surface area contributed by atoms with Crippen LogP contribution in [-0.4, -0.2) is 47.5 Å². The molecule has 1 saturated heterocycles. The Morgan fingerprint density at radius 2 is 1.88 bits per heavy atom. The van der Waals surface area contributed by atoms with Crippen molar-refractivity contribution in [2.24, 2.45) is 0 Å². The highest BCUT2D eigenvalue weighted by Crippen LogP contribution is 2.40. The van der Waals surface area contributed by atoms with Gasteiger partial charge in [-0.1, -0.05) is 43.0 Å². The third-order valence-electron chi connectivity index (χ3n) is 9.11. The molecule has 2 aromatic carbocycles. The van der Waals surface area contributed by atoms with E-state index in [4.69, 9.17) is 4.98 Å². The van der Waals surface area contributed by atoms with Gasteiger partial charge in [-0.05, 0) is 55.5 Å². The van der Waals surface area contributed by atoms with Crippen LogP contribution in [0.5, 0.6) is 0 Å². The zero-order chi connectivity index (χ0) is 33.7. The van der Waals surface area contributed by atoms with Crippen LogP contribution >= 0.6 is 0 Å². The van der Waals surface area contributed by atoms with Gasteiger partial charge in [0.1, 0.15) is 22.4 Å². The van der Waals surface area contributed by atoms with E-state index < -0.39 is 23.5 Å². The van der Waals surface area contributed by atoms with Crippen molar-refractivity contribution in [1.29, 1.82) is 5.26 Å². The van der Waals surface area contributed by atoms with E-state index in [9.17, 15) is 14.9 Å². The van der Waals surface area contributed by atoms with Crippen LogP contribution in [0.25, 0.3) is 49.7 Å². The molecular weight excluding hydrogens is 619 g/mol. The number of amides is 1. The molecule has 48 heavy (non-hydrogen) atoms. The minimum absolute atomic E-state index is 0.00281. The molecule has 6 aromatic rings. The molecule has 0 unspecified atom stereocenters. The second-order valence-electron chi connectivity index (χ2n) is 11.8. The lowest BCUT2D eigenvalue weighted by molar-refractivity contribution is -0.142. The van der Waals surface area contributed by atoms with Crippen molar-refractivity contribution in [1.82, 2.24) is 29.0 Å². The summed E-state index contributed by atoms with van der Waals surface area (Å²) in [6, 6.07) is 17.7. The van der Waals surface area contributed by atoms with Crippen molar-refractivity contribution in [3.63, 3.8) is 0 Å². The van der Waals surface area contributed by atoms with Gasteiger partial charge >= 0.3 is 6.18 Å². The van der Waals surface area contributed by atoms with Crippen LogP contribution in [0.4, 0.5) is 13.2 Å². The number of rotatable bonds is 5. The van der Waals surface area contributed by atoms with Gasteiger partial charge in [-0.3, -0.25) is 19.1 Å². The highest BCUT2D eigenvalue weighted by Gasteiger charge is 2.38. The Morgan fingerprint density at radius 3 is 2.62 bits per heavy atom. The molecule has 1 amide bonds. The van der Waals surface area contributed by atoms with Crippen LogP contribution < -0.4 is 5.56 Å². The molecule has 1 aliphatic rings. The molecule has 4 aromatic heterocycles. The first-order chi connectivity index (χ1) is 23.1. The fourth-order valence-electron chi connectivity index (χ4n) is 6.89. The van der Waals surface area contributed by atoms with Crippen LogP contribution in [0.2, 0.25) is 0 Å². The maximum Gasteiger partial charge on any atom is 0.431 e. The molecule has 12 heteroatoms. The van der Waals surface area contributed by atoms with Crippen LogP contribution in [0.3, 0.4) is 0 Å². The monoisotopic (exact) mass is 647 g/mol. The van der Waals surface area contributed by atoms with E-state index in [-0.39, 0.29) is 35.0 Å². The van der Waals surface area contributed by atoms with Gasteiger partial charge in [-0.15, -0.1) is 0 Å². The van der Waals surface area contributed by atoms with Crippen molar-refractivity contribution >= 4 is 38.6 Å². The number of pyridine rings is 3. The number of imidazole rings is 1. The maximum atomic E-state index is 15.0. The number of carbonyl (C=O) groups excluding carboxylic acids is 1. The molecule has 1 fully saturated rings. The number of benzene rings is 2. The first kappa shape index (κ1) is 30.8. The van der Waals surface area contributed by atoms with E-state index in [1.165, 1.54) is 12.1 Å². The van der Waals surface area contributed by atoms with Crippen molar-refractivity contribution in [3.05, 3.63) is 108 Å². The van der Waals surface area contributed by atoms with E-state index in [0.29, 0.717) is 62.7 Å².